The van der Waals surface area contributed by atoms with E-state index in [1.54, 1.807) is 0 Å². The third-order valence-corrected chi connectivity index (χ3v) is 10.3. The fourth-order valence-corrected chi connectivity index (χ4v) is 7.62. The van der Waals surface area contributed by atoms with Crippen molar-refractivity contribution in [1.82, 2.24) is 19.5 Å². The maximum absolute atomic E-state index is 5.22. The third kappa shape index (κ3) is 6.07. The Morgan fingerprint density at radius 3 is 1.50 bits per heavy atom. The van der Waals surface area contributed by atoms with E-state index in [-0.39, 0.29) is 0 Å². The van der Waals surface area contributed by atoms with Crippen molar-refractivity contribution in [3.05, 3.63) is 212 Å². The lowest BCUT2D eigenvalue weighted by atomic mass is 9.99. The van der Waals surface area contributed by atoms with Gasteiger partial charge in [-0.3, -0.25) is 4.57 Å². The summed E-state index contributed by atoms with van der Waals surface area (Å²) in [5.41, 5.74) is 11.6. The molecule has 2 aromatic heterocycles. The van der Waals surface area contributed by atoms with Crippen LogP contribution < -0.4 is 4.90 Å². The quantitative estimate of drug-likeness (QED) is 0.157. The van der Waals surface area contributed by atoms with Crippen molar-refractivity contribution in [3.8, 4) is 51.0 Å². The molecule has 10 aromatic rings. The Hall–Kier alpha value is -7.63. The average Bonchev–Trinajstić information content (AvgIpc) is 3.62. The largest absolute Gasteiger partial charge is 0.310 e. The van der Waals surface area contributed by atoms with Crippen molar-refractivity contribution in [2.75, 3.05) is 4.90 Å². The van der Waals surface area contributed by atoms with Crippen molar-refractivity contribution in [2.45, 2.75) is 0 Å². The molecule has 0 N–H and O–H groups in total. The molecule has 0 aliphatic rings. The first-order valence-corrected chi connectivity index (χ1v) is 18.8. The monoisotopic (exact) mass is 717 g/mol. The summed E-state index contributed by atoms with van der Waals surface area (Å²) in [6, 6.07) is 74.0. The topological polar surface area (TPSA) is 46.8 Å². The fraction of sp³-hybridized carbons (Fsp3) is 0. The van der Waals surface area contributed by atoms with E-state index in [1.807, 2.05) is 30.3 Å². The van der Waals surface area contributed by atoms with Gasteiger partial charge in [0.2, 0.25) is 5.95 Å². The summed E-state index contributed by atoms with van der Waals surface area (Å²) in [4.78, 5) is 17.8. The summed E-state index contributed by atoms with van der Waals surface area (Å²) >= 11 is 0. The van der Waals surface area contributed by atoms with Crippen LogP contribution in [0.15, 0.2) is 212 Å². The van der Waals surface area contributed by atoms with Gasteiger partial charge in [-0.15, -0.1) is 0 Å². The van der Waals surface area contributed by atoms with E-state index in [1.165, 1.54) is 11.1 Å². The first-order valence-electron chi connectivity index (χ1n) is 18.8. The third-order valence-electron chi connectivity index (χ3n) is 10.3. The minimum absolute atomic E-state index is 0.575. The van der Waals surface area contributed by atoms with E-state index >= 15 is 0 Å². The van der Waals surface area contributed by atoms with Crippen molar-refractivity contribution in [1.29, 1.82) is 0 Å². The van der Waals surface area contributed by atoms with Gasteiger partial charge in [0.25, 0.3) is 0 Å². The van der Waals surface area contributed by atoms with Crippen LogP contribution in [0, 0.1) is 0 Å². The lowest BCUT2D eigenvalue weighted by Gasteiger charge is -2.28. The predicted molar refractivity (Wildman–Crippen MR) is 231 cm³/mol. The fourth-order valence-electron chi connectivity index (χ4n) is 7.62. The van der Waals surface area contributed by atoms with Crippen molar-refractivity contribution in [3.63, 3.8) is 0 Å². The summed E-state index contributed by atoms with van der Waals surface area (Å²) in [6.07, 6.45) is 0. The van der Waals surface area contributed by atoms with E-state index < -0.39 is 0 Å². The van der Waals surface area contributed by atoms with Crippen LogP contribution in [0.2, 0.25) is 0 Å². The first kappa shape index (κ1) is 33.0. The lowest BCUT2D eigenvalue weighted by molar-refractivity contribution is 0.953. The van der Waals surface area contributed by atoms with Gasteiger partial charge in [-0.1, -0.05) is 164 Å². The molecule has 2 heterocycles. The van der Waals surface area contributed by atoms with Gasteiger partial charge in [0.05, 0.1) is 16.7 Å². The Labute approximate surface area is 325 Å². The molecule has 0 amide bonds. The molecule has 0 saturated heterocycles. The van der Waals surface area contributed by atoms with Crippen LogP contribution in [-0.2, 0) is 0 Å². The molecule has 0 fully saturated rings. The van der Waals surface area contributed by atoms with Crippen molar-refractivity contribution in [2.24, 2.45) is 0 Å². The normalized spacial score (nSPS) is 11.2. The predicted octanol–water partition coefficient (Wildman–Crippen LogP) is 13.1. The van der Waals surface area contributed by atoms with Crippen molar-refractivity contribution >= 4 is 38.9 Å². The van der Waals surface area contributed by atoms with Crippen LogP contribution in [-0.4, -0.2) is 19.5 Å². The number of hydrogen-bond acceptors (Lipinski definition) is 4. The van der Waals surface area contributed by atoms with E-state index in [0.717, 1.165) is 61.1 Å². The van der Waals surface area contributed by atoms with Gasteiger partial charge in [0, 0.05) is 38.8 Å². The molecule has 0 aliphatic heterocycles. The van der Waals surface area contributed by atoms with Crippen LogP contribution in [0.1, 0.15) is 0 Å². The molecule has 5 nitrogen and oxygen atoms in total. The molecule has 0 aliphatic carbocycles. The van der Waals surface area contributed by atoms with Gasteiger partial charge >= 0.3 is 0 Å². The van der Waals surface area contributed by atoms with E-state index in [0.29, 0.717) is 17.6 Å². The molecule has 0 saturated carbocycles. The Balaban J connectivity index is 1.12. The molecule has 0 atom stereocenters. The molecule has 0 spiro atoms. The number of fused-ring (bicyclic) bond motifs is 3. The zero-order chi connectivity index (χ0) is 37.3. The molecular formula is C51H35N5. The van der Waals surface area contributed by atoms with Crippen LogP contribution in [0.25, 0.3) is 72.8 Å². The van der Waals surface area contributed by atoms with Crippen LogP contribution in [0.3, 0.4) is 0 Å². The van der Waals surface area contributed by atoms with Gasteiger partial charge in [-0.25, -0.2) is 4.98 Å². The van der Waals surface area contributed by atoms with Crippen LogP contribution in [0.4, 0.5) is 17.1 Å². The standard InChI is InChI=1S/C51H35N5/c1-4-17-36(18-5-1)37-31-33-42(34-32-37)55(41-23-8-3-9-24-41)46-28-13-10-25-43(46)39-21-16-22-40(35-39)50-52-49(38-19-6-2-7-20-38)53-51(54-50)56-47-29-14-11-26-44(47)45-27-12-15-30-48(45)56/h1-35H. The number of benzene rings is 8. The van der Waals surface area contributed by atoms with E-state index in [9.17, 15) is 0 Å². The van der Waals surface area contributed by atoms with Crippen LogP contribution in [0.5, 0.6) is 0 Å². The summed E-state index contributed by atoms with van der Waals surface area (Å²) < 4.78 is 2.16. The summed E-state index contributed by atoms with van der Waals surface area (Å²) in [5, 5.41) is 2.31. The zero-order valence-corrected chi connectivity index (χ0v) is 30.4. The number of hydrogen-bond donors (Lipinski definition) is 0. The minimum atomic E-state index is 0.575. The van der Waals surface area contributed by atoms with E-state index in [2.05, 4.69) is 191 Å². The van der Waals surface area contributed by atoms with Gasteiger partial charge in [0.15, 0.2) is 11.6 Å². The number of aromatic nitrogens is 4. The second-order valence-electron chi connectivity index (χ2n) is 13.7. The summed E-state index contributed by atoms with van der Waals surface area (Å²) in [6.45, 7) is 0. The zero-order valence-electron chi connectivity index (χ0n) is 30.4. The minimum Gasteiger partial charge on any atom is -0.310 e. The highest BCUT2D eigenvalue weighted by atomic mass is 15.2. The first-order chi connectivity index (χ1) is 27.8. The lowest BCUT2D eigenvalue weighted by Crippen LogP contribution is -2.11. The molecule has 0 bridgehead atoms. The average molecular weight is 718 g/mol. The second-order valence-corrected chi connectivity index (χ2v) is 13.7. The van der Waals surface area contributed by atoms with Crippen molar-refractivity contribution < 1.29 is 0 Å². The van der Waals surface area contributed by atoms with E-state index in [4.69, 9.17) is 15.0 Å². The smallest absolute Gasteiger partial charge is 0.238 e. The molecule has 264 valence electrons. The highest BCUT2D eigenvalue weighted by molar-refractivity contribution is 6.09. The number of para-hydroxylation sites is 4. The molecule has 10 rings (SSSR count). The maximum atomic E-state index is 5.22. The highest BCUT2D eigenvalue weighted by Crippen LogP contribution is 2.42. The number of rotatable bonds is 8. The van der Waals surface area contributed by atoms with Gasteiger partial charge in [-0.05, 0) is 65.2 Å². The van der Waals surface area contributed by atoms with Crippen LogP contribution >= 0.6 is 0 Å². The number of anilines is 3. The SMILES string of the molecule is c1ccc(-c2ccc(N(c3ccccc3)c3ccccc3-c3cccc(-c4nc(-c5ccccc5)nc(-n5c6ccccc6c6ccccc65)n4)c3)cc2)cc1. The van der Waals surface area contributed by atoms with Gasteiger partial charge in [0.1, 0.15) is 0 Å². The number of nitrogens with zero attached hydrogens (tertiary/aromatic N) is 5. The Morgan fingerprint density at radius 1 is 0.339 bits per heavy atom. The Morgan fingerprint density at radius 2 is 0.821 bits per heavy atom. The molecule has 0 radical (unpaired) electrons. The Kier molecular flexibility index (Phi) is 8.43. The summed E-state index contributed by atoms with van der Waals surface area (Å²) in [7, 11) is 0. The molecule has 0 unspecified atom stereocenters. The maximum Gasteiger partial charge on any atom is 0.238 e. The summed E-state index contributed by atoms with van der Waals surface area (Å²) in [5.74, 6) is 1.80. The molecule has 56 heavy (non-hydrogen) atoms. The Bertz CT molecular complexity index is 2900. The van der Waals surface area contributed by atoms with Gasteiger partial charge in [-0.2, -0.15) is 9.97 Å². The molecule has 5 heteroatoms. The van der Waals surface area contributed by atoms with Gasteiger partial charge < -0.3 is 4.90 Å². The second kappa shape index (κ2) is 14.3. The highest BCUT2D eigenvalue weighted by Gasteiger charge is 2.20. The molecular weight excluding hydrogens is 683 g/mol. The molecule has 8 aromatic carbocycles.